The van der Waals surface area contributed by atoms with Gasteiger partial charge in [-0.25, -0.2) is 0 Å². The van der Waals surface area contributed by atoms with E-state index in [-0.39, 0.29) is 11.9 Å². The van der Waals surface area contributed by atoms with Crippen molar-refractivity contribution in [3.63, 3.8) is 0 Å². The van der Waals surface area contributed by atoms with Crippen LogP contribution in [0.2, 0.25) is 0 Å². The Morgan fingerprint density at radius 2 is 2.00 bits per heavy atom. The molecule has 0 spiro atoms. The van der Waals surface area contributed by atoms with Crippen LogP contribution >= 0.6 is 0 Å². The van der Waals surface area contributed by atoms with E-state index < -0.39 is 0 Å². The number of benzene rings is 1. The number of nitrogens with two attached hydrogens (primary N) is 1. The molecule has 0 aliphatic rings. The Balaban J connectivity index is 2.73. The molecule has 1 atom stereocenters. The van der Waals surface area contributed by atoms with Gasteiger partial charge in [0.05, 0.1) is 6.04 Å². The first kappa shape index (κ1) is 19.5. The van der Waals surface area contributed by atoms with E-state index in [1.165, 1.54) is 0 Å². The minimum Gasteiger partial charge on any atom is -0.402 e. The second-order valence-corrected chi connectivity index (χ2v) is 5.60. The van der Waals surface area contributed by atoms with Gasteiger partial charge in [-0.1, -0.05) is 74.2 Å². The highest BCUT2D eigenvalue weighted by atomic mass is 16.1. The van der Waals surface area contributed by atoms with Crippen molar-refractivity contribution in [3.8, 4) is 0 Å². The Bertz CT molecular complexity index is 608. The molecule has 0 fully saturated rings. The zero-order valence-corrected chi connectivity index (χ0v) is 14.7. The minimum atomic E-state index is 0.0263. The number of hydrogen-bond donors (Lipinski definition) is 2. The monoisotopic (exact) mass is 324 g/mol. The molecule has 0 unspecified atom stereocenters. The van der Waals surface area contributed by atoms with Crippen LogP contribution < -0.4 is 11.1 Å². The average molecular weight is 324 g/mol. The van der Waals surface area contributed by atoms with E-state index in [9.17, 15) is 4.79 Å². The Kier molecular flexibility index (Phi) is 8.98. The quantitative estimate of drug-likeness (QED) is 0.654. The third-order valence-corrected chi connectivity index (χ3v) is 3.64. The summed E-state index contributed by atoms with van der Waals surface area (Å²) >= 11 is 0. The minimum absolute atomic E-state index is 0.0263. The third kappa shape index (κ3) is 7.14. The van der Waals surface area contributed by atoms with Crippen LogP contribution in [0.3, 0.4) is 0 Å². The third-order valence-electron chi connectivity index (χ3n) is 3.64. The van der Waals surface area contributed by atoms with Crippen molar-refractivity contribution in [2.45, 2.75) is 39.2 Å². The summed E-state index contributed by atoms with van der Waals surface area (Å²) < 4.78 is 0. The number of allylic oxidation sites excluding steroid dienone is 7. The lowest BCUT2D eigenvalue weighted by atomic mass is 10.0. The van der Waals surface area contributed by atoms with E-state index in [2.05, 4.69) is 18.0 Å². The molecule has 0 heterocycles. The highest BCUT2D eigenvalue weighted by Crippen LogP contribution is 2.19. The van der Waals surface area contributed by atoms with Crippen molar-refractivity contribution in [3.05, 3.63) is 84.1 Å². The van der Waals surface area contributed by atoms with Gasteiger partial charge in [-0.15, -0.1) is 0 Å². The fraction of sp³-hybridized carbons (Fsp3) is 0.286. The fourth-order valence-corrected chi connectivity index (χ4v) is 2.27. The Labute approximate surface area is 145 Å². The zero-order valence-electron chi connectivity index (χ0n) is 14.7. The predicted octanol–water partition coefficient (Wildman–Crippen LogP) is 4.57. The molecule has 0 saturated heterocycles. The molecular formula is C21H28N2O. The summed E-state index contributed by atoms with van der Waals surface area (Å²) in [6.45, 7) is 7.41. The second kappa shape index (κ2) is 11.1. The van der Waals surface area contributed by atoms with Gasteiger partial charge in [0.15, 0.2) is 0 Å². The largest absolute Gasteiger partial charge is 0.402 e. The van der Waals surface area contributed by atoms with Gasteiger partial charge in [0.1, 0.15) is 0 Å². The lowest BCUT2D eigenvalue weighted by Gasteiger charge is -2.18. The molecule has 1 amide bonds. The molecule has 3 N–H and O–H groups in total. The van der Waals surface area contributed by atoms with E-state index in [1.807, 2.05) is 62.4 Å². The van der Waals surface area contributed by atoms with Crippen LogP contribution in [-0.2, 0) is 4.79 Å². The summed E-state index contributed by atoms with van der Waals surface area (Å²) in [6.07, 6.45) is 11.8. The van der Waals surface area contributed by atoms with Crippen LogP contribution in [0.1, 0.15) is 44.7 Å². The van der Waals surface area contributed by atoms with Crippen molar-refractivity contribution in [1.82, 2.24) is 5.32 Å². The lowest BCUT2D eigenvalue weighted by Crippen LogP contribution is -2.27. The van der Waals surface area contributed by atoms with Gasteiger partial charge in [0.2, 0.25) is 5.91 Å². The number of hydrogen-bond acceptors (Lipinski definition) is 2. The standard InChI is InChI=1S/C21H28N2O/c1-4-6-12-18(17(3)22)13-10-11-16-20(23-21(24)5-2)19-14-8-7-9-15-19/h4,6-10,12-15,20H,1,5,11,16,22H2,2-3H3,(H,23,24)/b12-6-,13-10-,18-17-/t20-/m1/s1. The zero-order chi connectivity index (χ0) is 17.8. The first-order chi connectivity index (χ1) is 11.6. The van der Waals surface area contributed by atoms with Crippen LogP contribution in [0.5, 0.6) is 0 Å². The second-order valence-electron chi connectivity index (χ2n) is 5.60. The molecule has 0 saturated carbocycles. The van der Waals surface area contributed by atoms with Crippen LogP contribution in [-0.4, -0.2) is 5.91 Å². The number of rotatable bonds is 9. The number of nitrogens with one attached hydrogen (secondary N) is 1. The Hall–Kier alpha value is -2.55. The van der Waals surface area contributed by atoms with Crippen molar-refractivity contribution in [1.29, 1.82) is 0 Å². The van der Waals surface area contributed by atoms with Crippen molar-refractivity contribution in [2.75, 3.05) is 0 Å². The van der Waals surface area contributed by atoms with Crippen molar-refractivity contribution in [2.24, 2.45) is 5.73 Å². The summed E-state index contributed by atoms with van der Waals surface area (Å²) in [5.41, 5.74) is 8.75. The Morgan fingerprint density at radius 3 is 2.58 bits per heavy atom. The highest BCUT2D eigenvalue weighted by Gasteiger charge is 2.12. The van der Waals surface area contributed by atoms with E-state index >= 15 is 0 Å². The maximum absolute atomic E-state index is 11.8. The van der Waals surface area contributed by atoms with Crippen molar-refractivity contribution < 1.29 is 4.79 Å². The SMILES string of the molecule is C=C\C=C/C(/C=C\CC[C@@H](NC(=O)CC)c1ccccc1)=C(\C)N. The van der Waals surface area contributed by atoms with Crippen LogP contribution in [0.25, 0.3) is 0 Å². The summed E-state index contributed by atoms with van der Waals surface area (Å²) in [6, 6.07) is 10.1. The molecule has 128 valence electrons. The van der Waals surface area contributed by atoms with Crippen molar-refractivity contribution >= 4 is 5.91 Å². The first-order valence-corrected chi connectivity index (χ1v) is 8.34. The maximum atomic E-state index is 11.8. The normalized spacial score (nSPS) is 13.8. The number of carbonyl (C=O) groups excluding carboxylic acids is 1. The van der Waals surface area contributed by atoms with Gasteiger partial charge in [-0.3, -0.25) is 4.79 Å². The smallest absolute Gasteiger partial charge is 0.220 e. The Morgan fingerprint density at radius 1 is 1.29 bits per heavy atom. The van der Waals surface area contributed by atoms with Crippen LogP contribution in [0, 0.1) is 0 Å². The molecule has 0 aliphatic heterocycles. The molecule has 3 heteroatoms. The van der Waals surface area contributed by atoms with Gasteiger partial charge < -0.3 is 11.1 Å². The van der Waals surface area contributed by atoms with Gasteiger partial charge in [0, 0.05) is 12.1 Å². The molecule has 0 radical (unpaired) electrons. The molecule has 24 heavy (non-hydrogen) atoms. The molecule has 0 bridgehead atoms. The summed E-state index contributed by atoms with van der Waals surface area (Å²) in [5, 5.41) is 3.09. The molecule has 1 aromatic carbocycles. The average Bonchev–Trinajstić information content (AvgIpc) is 2.60. The molecule has 0 aliphatic carbocycles. The maximum Gasteiger partial charge on any atom is 0.220 e. The topological polar surface area (TPSA) is 55.1 Å². The lowest BCUT2D eigenvalue weighted by molar-refractivity contribution is -0.121. The summed E-state index contributed by atoms with van der Waals surface area (Å²) in [4.78, 5) is 11.8. The predicted molar refractivity (Wildman–Crippen MR) is 102 cm³/mol. The molecule has 3 nitrogen and oxygen atoms in total. The first-order valence-electron chi connectivity index (χ1n) is 8.34. The summed E-state index contributed by atoms with van der Waals surface area (Å²) in [5.74, 6) is 0.0696. The highest BCUT2D eigenvalue weighted by molar-refractivity contribution is 5.76. The van der Waals surface area contributed by atoms with Crippen LogP contribution in [0.15, 0.2) is 78.6 Å². The molecule has 0 aromatic heterocycles. The fourth-order valence-electron chi connectivity index (χ4n) is 2.27. The van der Waals surface area contributed by atoms with Gasteiger partial charge in [-0.05, 0) is 30.9 Å². The van der Waals surface area contributed by atoms with Gasteiger partial charge in [-0.2, -0.15) is 0 Å². The molecular weight excluding hydrogens is 296 g/mol. The van der Waals surface area contributed by atoms with Crippen LogP contribution in [0.4, 0.5) is 0 Å². The van der Waals surface area contributed by atoms with E-state index in [0.29, 0.717) is 6.42 Å². The van der Waals surface area contributed by atoms with E-state index in [1.54, 1.807) is 6.08 Å². The number of carbonyl (C=O) groups is 1. The molecule has 1 rings (SSSR count). The number of amides is 1. The van der Waals surface area contributed by atoms with Gasteiger partial charge >= 0.3 is 0 Å². The van der Waals surface area contributed by atoms with E-state index in [4.69, 9.17) is 5.73 Å². The molecule has 1 aromatic rings. The van der Waals surface area contributed by atoms with Gasteiger partial charge in [0.25, 0.3) is 0 Å². The summed E-state index contributed by atoms with van der Waals surface area (Å²) in [7, 11) is 0. The van der Waals surface area contributed by atoms with E-state index in [0.717, 1.165) is 29.7 Å².